The van der Waals surface area contributed by atoms with Gasteiger partial charge in [-0.25, -0.2) is 4.98 Å². The summed E-state index contributed by atoms with van der Waals surface area (Å²) in [6.07, 6.45) is -5.11. The van der Waals surface area contributed by atoms with Gasteiger partial charge < -0.3 is 9.84 Å². The van der Waals surface area contributed by atoms with Crippen molar-refractivity contribution < 1.29 is 32.7 Å². The number of carbonyl (C=O) groups is 1. The molecule has 104 valence electrons. The Morgan fingerprint density at radius 2 is 2.16 bits per heavy atom. The summed E-state index contributed by atoms with van der Waals surface area (Å²) >= 11 is 1.54. The van der Waals surface area contributed by atoms with Crippen molar-refractivity contribution >= 4 is 34.2 Å². The van der Waals surface area contributed by atoms with E-state index in [0.29, 0.717) is 0 Å². The van der Waals surface area contributed by atoms with Gasteiger partial charge in [-0.1, -0.05) is 0 Å². The van der Waals surface area contributed by atoms with Gasteiger partial charge in [0.2, 0.25) is 0 Å². The summed E-state index contributed by atoms with van der Waals surface area (Å²) in [5.74, 6) is -2.71. The molecule has 0 atom stereocenters. The fraction of sp³-hybridized carbons (Fsp3) is 0.250. The van der Waals surface area contributed by atoms with Crippen molar-refractivity contribution in [1.29, 1.82) is 0 Å². The number of nitro groups is 1. The normalized spacial score (nSPS) is 11.2. The van der Waals surface area contributed by atoms with Crippen LogP contribution in [0.25, 0.3) is 0 Å². The largest absolute Gasteiger partial charge is 0.574 e. The predicted molar refractivity (Wildman–Crippen MR) is 61.6 cm³/mol. The molecule has 0 saturated carbocycles. The molecule has 11 heteroatoms. The Balaban J connectivity index is 3.40. The maximum absolute atomic E-state index is 12.1. The summed E-state index contributed by atoms with van der Waals surface area (Å²) in [6.45, 7) is 0. The summed E-state index contributed by atoms with van der Waals surface area (Å²) in [7, 11) is 0. The van der Waals surface area contributed by atoms with Gasteiger partial charge in [0.15, 0.2) is 0 Å². The lowest BCUT2D eigenvalue weighted by Gasteiger charge is -2.10. The second-order valence-electron chi connectivity index (χ2n) is 3.11. The summed E-state index contributed by atoms with van der Waals surface area (Å²) in [5.41, 5.74) is -1.50. The van der Waals surface area contributed by atoms with Crippen LogP contribution in [-0.2, 0) is 11.2 Å². The average molecular weight is 392 g/mol. The molecule has 0 aliphatic heterocycles. The fourth-order valence-corrected chi connectivity index (χ4v) is 1.77. The van der Waals surface area contributed by atoms with E-state index in [0.717, 1.165) is 6.20 Å². The summed E-state index contributed by atoms with van der Waals surface area (Å²) in [6, 6.07) is 0. The van der Waals surface area contributed by atoms with Crippen LogP contribution in [0.1, 0.15) is 5.56 Å². The molecule has 1 aromatic heterocycles. The van der Waals surface area contributed by atoms with Crippen molar-refractivity contribution in [2.75, 3.05) is 0 Å². The van der Waals surface area contributed by atoms with E-state index in [1.165, 1.54) is 22.6 Å². The lowest BCUT2D eigenvalue weighted by molar-refractivity contribution is -0.390. The molecule has 0 radical (unpaired) electrons. The van der Waals surface area contributed by atoms with E-state index >= 15 is 0 Å². The van der Waals surface area contributed by atoms with Crippen molar-refractivity contribution in [1.82, 2.24) is 4.98 Å². The zero-order chi connectivity index (χ0) is 14.8. The van der Waals surface area contributed by atoms with E-state index in [1.54, 1.807) is 0 Å². The van der Waals surface area contributed by atoms with Gasteiger partial charge in [-0.2, -0.15) is 0 Å². The number of carboxylic acids is 1. The van der Waals surface area contributed by atoms with E-state index in [4.69, 9.17) is 5.11 Å². The zero-order valence-corrected chi connectivity index (χ0v) is 10.9. The van der Waals surface area contributed by atoms with Crippen LogP contribution in [0.5, 0.6) is 5.88 Å². The Morgan fingerprint density at radius 1 is 1.58 bits per heavy atom. The number of hydrogen-bond donors (Lipinski definition) is 1. The molecule has 19 heavy (non-hydrogen) atoms. The highest BCUT2D eigenvalue weighted by Crippen LogP contribution is 2.35. The van der Waals surface area contributed by atoms with Crippen molar-refractivity contribution in [3.05, 3.63) is 25.4 Å². The van der Waals surface area contributed by atoms with Gasteiger partial charge in [0, 0.05) is 9.77 Å². The van der Waals surface area contributed by atoms with E-state index in [-0.39, 0.29) is 3.57 Å². The van der Waals surface area contributed by atoms with Crippen molar-refractivity contribution in [3.8, 4) is 5.88 Å². The van der Waals surface area contributed by atoms with E-state index in [1.807, 2.05) is 0 Å². The third-order valence-corrected chi connectivity index (χ3v) is 2.72. The zero-order valence-electron chi connectivity index (χ0n) is 8.77. The van der Waals surface area contributed by atoms with Crippen LogP contribution in [0, 0.1) is 13.7 Å². The monoisotopic (exact) mass is 392 g/mol. The Kier molecular flexibility index (Phi) is 4.49. The number of nitrogens with zero attached hydrogens (tertiary/aromatic N) is 2. The van der Waals surface area contributed by atoms with Crippen LogP contribution in [-0.4, -0.2) is 27.3 Å². The van der Waals surface area contributed by atoms with Crippen LogP contribution in [0.4, 0.5) is 18.9 Å². The number of hydrogen-bond acceptors (Lipinski definition) is 5. The number of aromatic nitrogens is 1. The molecule has 0 fully saturated rings. The third-order valence-electron chi connectivity index (χ3n) is 1.79. The Bertz CT molecular complexity index is 534. The number of halogens is 4. The lowest BCUT2D eigenvalue weighted by atomic mass is 10.1. The van der Waals surface area contributed by atoms with Gasteiger partial charge in [-0.05, 0) is 22.6 Å². The molecule has 0 aromatic carbocycles. The molecular weight excluding hydrogens is 388 g/mol. The van der Waals surface area contributed by atoms with Crippen LogP contribution >= 0.6 is 22.6 Å². The maximum Gasteiger partial charge on any atom is 0.574 e. The predicted octanol–water partition coefficient (Wildman–Crippen LogP) is 2.12. The summed E-state index contributed by atoms with van der Waals surface area (Å²) < 4.78 is 39.7. The molecule has 0 saturated heterocycles. The highest BCUT2D eigenvalue weighted by molar-refractivity contribution is 14.1. The van der Waals surface area contributed by atoms with E-state index in [9.17, 15) is 28.1 Å². The Labute approximate surface area is 116 Å². The minimum absolute atomic E-state index is 0.0567. The van der Waals surface area contributed by atoms with Crippen LogP contribution in [0.3, 0.4) is 0 Å². The first-order valence-corrected chi connectivity index (χ1v) is 5.49. The average Bonchev–Trinajstić information content (AvgIpc) is 2.19. The smallest absolute Gasteiger partial charge is 0.481 e. The van der Waals surface area contributed by atoms with Gasteiger partial charge in [0.05, 0.1) is 16.9 Å². The second kappa shape index (κ2) is 5.54. The second-order valence-corrected chi connectivity index (χ2v) is 4.28. The lowest BCUT2D eigenvalue weighted by Crippen LogP contribution is -2.20. The van der Waals surface area contributed by atoms with Gasteiger partial charge in [-0.15, -0.1) is 13.2 Å². The van der Waals surface area contributed by atoms with Gasteiger partial charge >= 0.3 is 23.9 Å². The van der Waals surface area contributed by atoms with Gasteiger partial charge in [0.25, 0.3) is 0 Å². The molecule has 0 unspecified atom stereocenters. The standard InChI is InChI=1S/C8H4F3IN2O5/c9-8(10,11)19-7-6(14(17)18)3(1-5(15)16)4(12)2-13-7/h2H,1H2,(H,15,16). The first-order valence-electron chi connectivity index (χ1n) is 4.41. The molecule has 1 heterocycles. The van der Waals surface area contributed by atoms with Crippen molar-refractivity contribution in [2.24, 2.45) is 0 Å². The van der Waals surface area contributed by atoms with Crippen molar-refractivity contribution in [2.45, 2.75) is 12.8 Å². The topological polar surface area (TPSA) is 103 Å². The van der Waals surface area contributed by atoms with Crippen LogP contribution in [0.15, 0.2) is 6.20 Å². The number of aliphatic carboxylic acids is 1. The summed E-state index contributed by atoms with van der Waals surface area (Å²) in [5, 5.41) is 19.4. The fourth-order valence-electron chi connectivity index (χ4n) is 1.19. The van der Waals surface area contributed by atoms with E-state index in [2.05, 4.69) is 9.72 Å². The third kappa shape index (κ3) is 4.18. The Hall–Kier alpha value is -1.66. The molecule has 0 aliphatic rings. The molecule has 0 aliphatic carbocycles. The van der Waals surface area contributed by atoms with Gasteiger partial charge in [0.1, 0.15) is 0 Å². The van der Waals surface area contributed by atoms with Crippen LogP contribution in [0.2, 0.25) is 0 Å². The van der Waals surface area contributed by atoms with Crippen LogP contribution < -0.4 is 4.74 Å². The highest BCUT2D eigenvalue weighted by Gasteiger charge is 2.37. The highest BCUT2D eigenvalue weighted by atomic mass is 127. The van der Waals surface area contributed by atoms with Crippen molar-refractivity contribution in [3.63, 3.8) is 0 Å². The van der Waals surface area contributed by atoms with Gasteiger partial charge in [-0.3, -0.25) is 14.9 Å². The summed E-state index contributed by atoms with van der Waals surface area (Å²) in [4.78, 5) is 23.4. The molecule has 0 amide bonds. The molecular formula is C8H4F3IN2O5. The van der Waals surface area contributed by atoms with E-state index < -0.39 is 40.8 Å². The number of pyridine rings is 1. The maximum atomic E-state index is 12.1. The minimum atomic E-state index is -5.16. The first kappa shape index (κ1) is 15.4. The number of alkyl halides is 3. The number of carboxylic acid groups (broad SMARTS) is 1. The number of ether oxygens (including phenoxy) is 1. The first-order chi connectivity index (χ1) is 8.61. The number of rotatable bonds is 4. The molecule has 1 rings (SSSR count). The quantitative estimate of drug-likeness (QED) is 0.479. The minimum Gasteiger partial charge on any atom is -0.481 e. The molecule has 0 spiro atoms. The molecule has 1 N–H and O–H groups in total. The molecule has 7 nitrogen and oxygen atoms in total. The molecule has 0 bridgehead atoms. The molecule has 1 aromatic rings. The SMILES string of the molecule is O=C(O)Cc1c(I)cnc(OC(F)(F)F)c1[N+](=O)[O-]. The Morgan fingerprint density at radius 3 is 2.58 bits per heavy atom.